The normalized spacial score (nSPS) is 10.9. The summed E-state index contributed by atoms with van der Waals surface area (Å²) in [5, 5.41) is 9.71. The third kappa shape index (κ3) is 8.00. The number of carboxylic acid groups (broad SMARTS) is 1. The lowest BCUT2D eigenvalue weighted by Crippen LogP contribution is -2.36. The van der Waals surface area contributed by atoms with Crippen LogP contribution in [0.2, 0.25) is 10.0 Å². The SMILES string of the molecule is CC(C)N(Cc1cccc(OCCCCCC(=O)O)c1)C(=O)c1ccc(-c2ccc(Cl)c(Cl)c2)cc1. The van der Waals surface area contributed by atoms with E-state index in [1.165, 1.54) is 0 Å². The monoisotopic (exact) mass is 527 g/mol. The van der Waals surface area contributed by atoms with Gasteiger partial charge in [0.15, 0.2) is 0 Å². The Kier molecular flexibility index (Phi) is 10.2. The third-order valence-corrected chi connectivity index (χ3v) is 6.56. The predicted molar refractivity (Wildman–Crippen MR) is 145 cm³/mol. The van der Waals surface area contributed by atoms with Gasteiger partial charge in [-0.1, -0.05) is 53.5 Å². The van der Waals surface area contributed by atoms with Crippen molar-refractivity contribution in [3.05, 3.63) is 87.9 Å². The first kappa shape index (κ1) is 27.6. The molecule has 0 aliphatic carbocycles. The Labute approximate surface area is 222 Å². The number of halogens is 2. The molecule has 5 nitrogen and oxygen atoms in total. The number of nitrogens with zero attached hydrogens (tertiary/aromatic N) is 1. The molecule has 0 unspecified atom stereocenters. The minimum atomic E-state index is -0.768. The number of amides is 1. The van der Waals surface area contributed by atoms with Gasteiger partial charge in [-0.15, -0.1) is 0 Å². The van der Waals surface area contributed by atoms with E-state index in [4.69, 9.17) is 33.0 Å². The van der Waals surface area contributed by atoms with Gasteiger partial charge in [-0.05, 0) is 86.2 Å². The molecular formula is C29H31Cl2NO4. The largest absolute Gasteiger partial charge is 0.494 e. The first-order valence-corrected chi connectivity index (χ1v) is 12.8. The smallest absolute Gasteiger partial charge is 0.303 e. The molecule has 3 aromatic rings. The standard InChI is InChI=1S/C29H31Cl2NO4/c1-20(2)32(19-21-7-6-8-25(17-21)36-16-5-3-4-9-28(33)34)29(35)23-12-10-22(11-13-23)24-14-15-26(30)27(31)18-24/h6-8,10-15,17-18,20H,3-5,9,16,19H2,1-2H3,(H,33,34). The zero-order chi connectivity index (χ0) is 26.1. The zero-order valence-electron chi connectivity index (χ0n) is 20.5. The van der Waals surface area contributed by atoms with Gasteiger partial charge in [0.1, 0.15) is 5.75 Å². The van der Waals surface area contributed by atoms with Gasteiger partial charge in [-0.25, -0.2) is 0 Å². The number of benzene rings is 3. The molecule has 0 aliphatic rings. The second kappa shape index (κ2) is 13.3. The van der Waals surface area contributed by atoms with Crippen LogP contribution in [0.25, 0.3) is 11.1 Å². The Morgan fingerprint density at radius 2 is 1.61 bits per heavy atom. The van der Waals surface area contributed by atoms with E-state index in [9.17, 15) is 9.59 Å². The molecule has 0 bridgehead atoms. The van der Waals surface area contributed by atoms with E-state index in [1.807, 2.05) is 79.4 Å². The third-order valence-electron chi connectivity index (χ3n) is 5.82. The lowest BCUT2D eigenvalue weighted by atomic mass is 10.0. The Hall–Kier alpha value is -3.02. The highest BCUT2D eigenvalue weighted by Crippen LogP contribution is 2.29. The summed E-state index contributed by atoms with van der Waals surface area (Å²) in [6, 6.07) is 20.7. The second-order valence-electron chi connectivity index (χ2n) is 8.93. The van der Waals surface area contributed by atoms with E-state index >= 15 is 0 Å². The summed E-state index contributed by atoms with van der Waals surface area (Å²) in [5.41, 5.74) is 3.48. The minimum absolute atomic E-state index is 0.00561. The van der Waals surface area contributed by atoms with E-state index in [1.54, 1.807) is 6.07 Å². The van der Waals surface area contributed by atoms with Crippen LogP contribution in [0.1, 0.15) is 55.5 Å². The molecule has 0 spiro atoms. The molecule has 0 aliphatic heterocycles. The summed E-state index contributed by atoms with van der Waals surface area (Å²) in [5.74, 6) is -0.0707. The maximum absolute atomic E-state index is 13.4. The molecule has 3 rings (SSSR count). The molecule has 190 valence electrons. The summed E-state index contributed by atoms with van der Waals surface area (Å²) in [6.07, 6.45) is 2.45. The molecular weight excluding hydrogens is 497 g/mol. The quantitative estimate of drug-likeness (QED) is 0.244. The van der Waals surface area contributed by atoms with Gasteiger partial charge >= 0.3 is 5.97 Å². The van der Waals surface area contributed by atoms with Crippen molar-refractivity contribution in [3.8, 4) is 16.9 Å². The topological polar surface area (TPSA) is 66.8 Å². The van der Waals surface area contributed by atoms with Crippen LogP contribution in [-0.4, -0.2) is 34.5 Å². The molecule has 1 N–H and O–H groups in total. The van der Waals surface area contributed by atoms with Crippen molar-refractivity contribution in [2.75, 3.05) is 6.61 Å². The Morgan fingerprint density at radius 3 is 2.28 bits per heavy atom. The van der Waals surface area contributed by atoms with E-state index < -0.39 is 5.97 Å². The molecule has 0 saturated carbocycles. The highest BCUT2D eigenvalue weighted by atomic mass is 35.5. The van der Waals surface area contributed by atoms with E-state index in [0.717, 1.165) is 35.3 Å². The molecule has 3 aromatic carbocycles. The number of rotatable bonds is 12. The van der Waals surface area contributed by atoms with Crippen LogP contribution < -0.4 is 4.74 Å². The van der Waals surface area contributed by atoms with Crippen molar-refractivity contribution < 1.29 is 19.4 Å². The summed E-state index contributed by atoms with van der Waals surface area (Å²) < 4.78 is 5.84. The van der Waals surface area contributed by atoms with Gasteiger partial charge in [-0.3, -0.25) is 9.59 Å². The van der Waals surface area contributed by atoms with Crippen LogP contribution in [0.5, 0.6) is 5.75 Å². The number of aliphatic carboxylic acids is 1. The van der Waals surface area contributed by atoms with Crippen LogP contribution in [-0.2, 0) is 11.3 Å². The maximum Gasteiger partial charge on any atom is 0.303 e. The summed E-state index contributed by atoms with van der Waals surface area (Å²) >= 11 is 12.2. The van der Waals surface area contributed by atoms with Crippen molar-refractivity contribution in [2.24, 2.45) is 0 Å². The Morgan fingerprint density at radius 1 is 0.889 bits per heavy atom. The zero-order valence-corrected chi connectivity index (χ0v) is 22.1. The Bertz CT molecular complexity index is 1180. The van der Waals surface area contributed by atoms with Gasteiger partial charge in [-0.2, -0.15) is 0 Å². The molecule has 0 saturated heterocycles. The van der Waals surface area contributed by atoms with Crippen molar-refractivity contribution in [1.82, 2.24) is 4.90 Å². The number of carboxylic acids is 1. The molecule has 0 heterocycles. The van der Waals surface area contributed by atoms with Crippen molar-refractivity contribution >= 4 is 35.1 Å². The van der Waals surface area contributed by atoms with E-state index in [-0.39, 0.29) is 18.4 Å². The van der Waals surface area contributed by atoms with Gasteiger partial charge in [0.25, 0.3) is 5.91 Å². The van der Waals surface area contributed by atoms with Crippen molar-refractivity contribution in [3.63, 3.8) is 0 Å². The second-order valence-corrected chi connectivity index (χ2v) is 9.75. The van der Waals surface area contributed by atoms with Gasteiger partial charge in [0, 0.05) is 24.6 Å². The number of hydrogen-bond donors (Lipinski definition) is 1. The molecule has 0 atom stereocenters. The highest BCUT2D eigenvalue weighted by molar-refractivity contribution is 6.42. The number of ether oxygens (including phenoxy) is 1. The number of hydrogen-bond acceptors (Lipinski definition) is 3. The predicted octanol–water partition coefficient (Wildman–Crippen LogP) is 7.74. The average molecular weight is 528 g/mol. The van der Waals surface area contributed by atoms with Gasteiger partial charge < -0.3 is 14.7 Å². The van der Waals surface area contributed by atoms with Crippen LogP contribution in [0, 0.1) is 0 Å². The molecule has 0 fully saturated rings. The first-order chi connectivity index (χ1) is 17.2. The number of unbranched alkanes of at least 4 members (excludes halogenated alkanes) is 2. The molecule has 7 heteroatoms. The molecule has 36 heavy (non-hydrogen) atoms. The number of carbonyl (C=O) groups is 2. The van der Waals surface area contributed by atoms with Gasteiger partial charge in [0.05, 0.1) is 16.7 Å². The van der Waals surface area contributed by atoms with Crippen LogP contribution in [0.4, 0.5) is 0 Å². The van der Waals surface area contributed by atoms with Crippen molar-refractivity contribution in [1.29, 1.82) is 0 Å². The molecule has 0 radical (unpaired) electrons. The molecule has 1 amide bonds. The average Bonchev–Trinajstić information content (AvgIpc) is 2.86. The lowest BCUT2D eigenvalue weighted by molar-refractivity contribution is -0.137. The molecule has 0 aromatic heterocycles. The van der Waals surface area contributed by atoms with Crippen molar-refractivity contribution in [2.45, 2.75) is 52.1 Å². The fourth-order valence-electron chi connectivity index (χ4n) is 3.81. The fraction of sp³-hybridized carbons (Fsp3) is 0.310. The minimum Gasteiger partial charge on any atom is -0.494 e. The maximum atomic E-state index is 13.4. The van der Waals surface area contributed by atoms with Crippen LogP contribution in [0.3, 0.4) is 0 Å². The summed E-state index contributed by atoms with van der Waals surface area (Å²) in [4.78, 5) is 25.8. The Balaban J connectivity index is 1.63. The fourth-order valence-corrected chi connectivity index (χ4v) is 4.11. The van der Waals surface area contributed by atoms with Gasteiger partial charge in [0.2, 0.25) is 0 Å². The van der Waals surface area contributed by atoms with E-state index in [2.05, 4.69) is 0 Å². The highest BCUT2D eigenvalue weighted by Gasteiger charge is 2.19. The summed E-state index contributed by atoms with van der Waals surface area (Å²) in [7, 11) is 0. The summed E-state index contributed by atoms with van der Waals surface area (Å²) in [6.45, 7) is 4.99. The van der Waals surface area contributed by atoms with Crippen LogP contribution in [0.15, 0.2) is 66.7 Å². The van der Waals surface area contributed by atoms with E-state index in [0.29, 0.717) is 35.2 Å². The lowest BCUT2D eigenvalue weighted by Gasteiger charge is -2.27. The van der Waals surface area contributed by atoms with Crippen LogP contribution >= 0.6 is 23.2 Å². The first-order valence-electron chi connectivity index (χ1n) is 12.0. The number of carbonyl (C=O) groups excluding carboxylic acids is 1.